The zero-order chi connectivity index (χ0) is 48.1. The van der Waals surface area contributed by atoms with Crippen molar-refractivity contribution in [1.29, 1.82) is 0 Å². The van der Waals surface area contributed by atoms with Crippen molar-refractivity contribution in [2.24, 2.45) is 33.1 Å². The van der Waals surface area contributed by atoms with Gasteiger partial charge < -0.3 is 49.7 Å². The molecule has 2 aromatic rings. The summed E-state index contributed by atoms with van der Waals surface area (Å²) in [6.07, 6.45) is -10.1. The first-order valence-electron chi connectivity index (χ1n) is 19.9. The Balaban J connectivity index is 0.000000169. The molecule has 2 amide bonds. The highest BCUT2D eigenvalue weighted by Crippen LogP contribution is 2.56. The van der Waals surface area contributed by atoms with Gasteiger partial charge in [0.25, 0.3) is 11.6 Å². The molecule has 3 saturated carbocycles. The number of nitrogens with one attached hydrogen (secondary N) is 1. The van der Waals surface area contributed by atoms with Crippen LogP contribution in [0.3, 0.4) is 0 Å². The maximum atomic E-state index is 12.4. The summed E-state index contributed by atoms with van der Waals surface area (Å²) in [4.78, 5) is 44.3. The van der Waals surface area contributed by atoms with Crippen molar-refractivity contribution >= 4 is 24.0 Å². The molecule has 2 aromatic heterocycles. The molecule has 5 N–H and O–H groups in total. The van der Waals surface area contributed by atoms with E-state index >= 15 is 0 Å². The van der Waals surface area contributed by atoms with Gasteiger partial charge in [0.15, 0.2) is 0 Å². The maximum Gasteiger partial charge on any atom is 0.455 e. The number of rotatable bonds is 3. The first-order chi connectivity index (χ1) is 29.1. The number of oxime groups is 1. The van der Waals surface area contributed by atoms with Crippen molar-refractivity contribution in [2.45, 2.75) is 122 Å². The highest BCUT2D eigenvalue weighted by atomic mass is 19.4. The Hall–Kier alpha value is -5.11. The van der Waals surface area contributed by atoms with E-state index in [2.05, 4.69) is 35.9 Å². The third-order valence-electron chi connectivity index (χ3n) is 11.3. The van der Waals surface area contributed by atoms with E-state index in [1.54, 1.807) is 35.7 Å². The molecule has 18 nitrogen and oxygen atoms in total. The molecule has 0 radical (unpaired) electrons. The third-order valence-corrected chi connectivity index (χ3v) is 11.3. The van der Waals surface area contributed by atoms with E-state index in [9.17, 15) is 53.9 Å². The third kappa shape index (κ3) is 12.2. The Morgan fingerprint density at radius 2 is 1.05 bits per heavy atom. The predicted octanol–water partition coefficient (Wildman–Crippen LogP) is 6.77. The van der Waals surface area contributed by atoms with Crippen molar-refractivity contribution in [3.8, 4) is 0 Å². The molecule has 0 aromatic carbocycles. The summed E-state index contributed by atoms with van der Waals surface area (Å²) in [7, 11) is 0. The normalized spacial score (nSPS) is 22.3. The minimum Gasteiger partial charge on any atom is -0.481 e. The molecule has 5 heterocycles. The van der Waals surface area contributed by atoms with Crippen LogP contribution in [0.2, 0.25) is 0 Å². The zero-order valence-electron chi connectivity index (χ0n) is 35.6. The van der Waals surface area contributed by atoms with Crippen LogP contribution in [-0.2, 0) is 26.6 Å². The van der Waals surface area contributed by atoms with Gasteiger partial charge in [-0.05, 0) is 85.5 Å². The van der Waals surface area contributed by atoms with Crippen LogP contribution in [0.5, 0.6) is 0 Å². The second-order valence-corrected chi connectivity index (χ2v) is 19.3. The average Bonchev–Trinajstić information content (AvgIpc) is 3.70. The summed E-state index contributed by atoms with van der Waals surface area (Å²) < 4.78 is 127. The van der Waals surface area contributed by atoms with Crippen LogP contribution in [0.4, 0.5) is 49.1 Å². The lowest BCUT2D eigenvalue weighted by Crippen LogP contribution is -2.65. The lowest BCUT2D eigenvalue weighted by molar-refractivity contribution is -0.159. The quantitative estimate of drug-likeness (QED) is 0.0816. The average molecular weight is 936 g/mol. The van der Waals surface area contributed by atoms with Gasteiger partial charge in [-0.1, -0.05) is 15.5 Å². The van der Waals surface area contributed by atoms with Crippen molar-refractivity contribution in [1.82, 2.24) is 35.4 Å². The minimum atomic E-state index is -4.71. The number of alkyl halides is 9. The lowest BCUT2D eigenvalue weighted by Gasteiger charge is -2.57. The molecule has 3 aliphatic heterocycles. The SMILES string of the molecule is CC(C)(C)OC(=O)N1CC2(CC(C(=O)O)C2)C1.CC(C)(C)OC(=O)N1CC2(CC(c3nc(C(F)(F)F)no3)C2)C1.FC(F)(F)c1noc(C2CC3(CNC3)C2)n1.NC(=NO)C(F)(F)F. The van der Waals surface area contributed by atoms with Crippen molar-refractivity contribution in [3.63, 3.8) is 0 Å². The molecule has 0 atom stereocenters. The number of carbonyl (C=O) groups is 3. The van der Waals surface area contributed by atoms with Gasteiger partial charge in [-0.15, -0.1) is 0 Å². The summed E-state index contributed by atoms with van der Waals surface area (Å²) in [5.41, 5.74) is 3.43. The van der Waals surface area contributed by atoms with Crippen molar-refractivity contribution in [2.75, 3.05) is 39.3 Å². The molecule has 360 valence electrons. The Labute approximate surface area is 359 Å². The molecular formula is C37H50F9N9O9. The van der Waals surface area contributed by atoms with Crippen LogP contribution in [0.15, 0.2) is 14.2 Å². The molecule has 8 rings (SSSR count). The number of likely N-dealkylation sites (tertiary alicyclic amines) is 2. The summed E-state index contributed by atoms with van der Waals surface area (Å²) in [6, 6.07) is 0. The van der Waals surface area contributed by atoms with E-state index in [0.717, 1.165) is 25.9 Å². The Bertz CT molecular complexity index is 2000. The number of halogens is 9. The fraction of sp³-hybridized carbons (Fsp3) is 0.784. The van der Waals surface area contributed by atoms with Gasteiger partial charge in [0.1, 0.15) is 11.2 Å². The zero-order valence-corrected chi connectivity index (χ0v) is 35.6. The van der Waals surface area contributed by atoms with E-state index in [-0.39, 0.29) is 58.0 Å². The molecule has 0 unspecified atom stereocenters. The predicted molar refractivity (Wildman–Crippen MR) is 198 cm³/mol. The Morgan fingerprint density at radius 1 is 0.688 bits per heavy atom. The Morgan fingerprint density at radius 3 is 1.30 bits per heavy atom. The van der Waals surface area contributed by atoms with Crippen LogP contribution in [-0.4, -0.2) is 121 Å². The van der Waals surface area contributed by atoms with Gasteiger partial charge >= 0.3 is 36.7 Å². The number of amides is 2. The molecular weight excluding hydrogens is 885 g/mol. The largest absolute Gasteiger partial charge is 0.481 e. The van der Waals surface area contributed by atoms with Crippen LogP contribution in [0, 0.1) is 22.2 Å². The van der Waals surface area contributed by atoms with Crippen molar-refractivity contribution < 1.29 is 82.7 Å². The number of carbonyl (C=O) groups excluding carboxylic acids is 2. The van der Waals surface area contributed by atoms with E-state index < -0.39 is 53.2 Å². The van der Waals surface area contributed by atoms with E-state index in [1.165, 1.54) is 0 Å². The molecule has 64 heavy (non-hydrogen) atoms. The first-order valence-corrected chi connectivity index (χ1v) is 19.9. The minimum absolute atomic E-state index is 0.00528. The smallest absolute Gasteiger partial charge is 0.455 e. The van der Waals surface area contributed by atoms with Crippen LogP contribution < -0.4 is 11.1 Å². The highest BCUT2D eigenvalue weighted by Gasteiger charge is 2.58. The highest BCUT2D eigenvalue weighted by molar-refractivity contribution is 5.85. The van der Waals surface area contributed by atoms with Gasteiger partial charge in [0.2, 0.25) is 17.6 Å². The summed E-state index contributed by atoms with van der Waals surface area (Å²) in [5.74, 6) is -5.08. The second kappa shape index (κ2) is 17.4. The van der Waals surface area contributed by atoms with E-state index in [0.29, 0.717) is 51.9 Å². The number of ether oxygens (including phenoxy) is 2. The summed E-state index contributed by atoms with van der Waals surface area (Å²) in [5, 5.41) is 27.0. The summed E-state index contributed by atoms with van der Waals surface area (Å²) >= 11 is 0. The van der Waals surface area contributed by atoms with Gasteiger partial charge in [0, 0.05) is 61.9 Å². The van der Waals surface area contributed by atoms with Crippen LogP contribution >= 0.6 is 0 Å². The Kier molecular flexibility index (Phi) is 13.5. The molecule has 3 aliphatic carbocycles. The lowest BCUT2D eigenvalue weighted by atomic mass is 9.58. The monoisotopic (exact) mass is 935 g/mol. The number of nitrogens with two attached hydrogens (primary N) is 1. The second-order valence-electron chi connectivity index (χ2n) is 19.3. The van der Waals surface area contributed by atoms with Gasteiger partial charge in [-0.2, -0.15) is 49.5 Å². The molecule has 27 heteroatoms. The van der Waals surface area contributed by atoms with E-state index in [4.69, 9.17) is 24.3 Å². The molecule has 6 fully saturated rings. The maximum absolute atomic E-state index is 12.4. The number of hydrogen-bond acceptors (Lipinski definition) is 14. The number of amidine groups is 1. The van der Waals surface area contributed by atoms with E-state index in [1.807, 2.05) is 20.8 Å². The van der Waals surface area contributed by atoms with Crippen molar-refractivity contribution in [3.05, 3.63) is 23.4 Å². The first kappa shape index (κ1) is 49.9. The van der Waals surface area contributed by atoms with Crippen LogP contribution in [0.1, 0.15) is 115 Å². The fourth-order valence-corrected chi connectivity index (χ4v) is 8.29. The molecule has 0 bridgehead atoms. The standard InChI is InChI=1S/C14H18F3N3O3.C12H19NO4.C9H10F3N3O.C2H3F3N2O/c1-12(2,3)22-11(21)20-6-13(7-20)4-8(5-13)9-18-10(19-23-9)14(15,16)17;1-11(2,3)17-10(16)13-6-12(7-13)4-8(5-12)9(14)15;10-9(11,12)7-14-6(16-15-7)5-1-8(2-5)3-13-4-8;3-2(4,5)1(6)7-8/h8H,4-7H2,1-3H3;8H,4-7H2,1-3H3,(H,14,15);5,13H,1-4H2;8H,(H2,6,7). The van der Waals surface area contributed by atoms with Crippen LogP contribution in [0.25, 0.3) is 0 Å². The van der Waals surface area contributed by atoms with Gasteiger partial charge in [-0.3, -0.25) is 4.79 Å². The van der Waals surface area contributed by atoms with Gasteiger partial charge in [-0.25, -0.2) is 9.59 Å². The summed E-state index contributed by atoms with van der Waals surface area (Å²) in [6.45, 7) is 15.2. The molecule has 3 spiro atoms. The fourth-order valence-electron chi connectivity index (χ4n) is 8.29. The van der Waals surface area contributed by atoms with Gasteiger partial charge in [0.05, 0.1) is 5.92 Å². The number of aromatic nitrogens is 4. The topological polar surface area (TPSA) is 245 Å². The number of carboxylic acid groups (broad SMARTS) is 1. The molecule has 3 saturated heterocycles. The number of aliphatic carboxylic acids is 1. The number of hydrogen-bond donors (Lipinski definition) is 4. The molecule has 6 aliphatic rings. The number of carboxylic acids is 1. The number of nitrogens with zero attached hydrogens (tertiary/aromatic N) is 7.